The third-order valence-corrected chi connectivity index (χ3v) is 4.12. The van der Waals surface area contributed by atoms with Gasteiger partial charge in [0.05, 0.1) is 0 Å². The first kappa shape index (κ1) is 13.4. The zero-order valence-electron chi connectivity index (χ0n) is 12.0. The van der Waals surface area contributed by atoms with Crippen LogP contribution in [0.25, 0.3) is 0 Å². The summed E-state index contributed by atoms with van der Waals surface area (Å²) in [6.45, 7) is 10.6. The second-order valence-corrected chi connectivity index (χ2v) is 5.99. The summed E-state index contributed by atoms with van der Waals surface area (Å²) in [5, 5.41) is 0. The zero-order valence-corrected chi connectivity index (χ0v) is 12.0. The summed E-state index contributed by atoms with van der Waals surface area (Å²) < 4.78 is 0. The van der Waals surface area contributed by atoms with Gasteiger partial charge >= 0.3 is 0 Å². The van der Waals surface area contributed by atoms with Crippen LogP contribution < -0.4 is 10.6 Å². The minimum Gasteiger partial charge on any atom is -0.368 e. The molecule has 3 nitrogen and oxygen atoms in total. The molecule has 0 saturated carbocycles. The molecule has 0 bridgehead atoms. The number of aryl methyl sites for hydroxylation is 1. The topological polar surface area (TPSA) is 32.5 Å². The molecule has 0 atom stereocenters. The van der Waals surface area contributed by atoms with E-state index in [1.807, 2.05) is 0 Å². The predicted octanol–water partition coefficient (Wildman–Crippen LogP) is 1.98. The van der Waals surface area contributed by atoms with Gasteiger partial charge in [-0.1, -0.05) is 12.1 Å². The average Bonchev–Trinajstić information content (AvgIpc) is 2.32. The monoisotopic (exact) mass is 247 g/mol. The van der Waals surface area contributed by atoms with Crippen molar-refractivity contribution in [2.45, 2.75) is 32.9 Å². The van der Waals surface area contributed by atoms with Gasteiger partial charge in [0.1, 0.15) is 0 Å². The molecule has 0 aromatic heterocycles. The highest BCUT2D eigenvalue weighted by molar-refractivity contribution is 5.56. The maximum absolute atomic E-state index is 5.87. The number of rotatable bonds is 2. The Labute approximate surface area is 111 Å². The molecule has 1 saturated heterocycles. The lowest BCUT2D eigenvalue weighted by molar-refractivity contribution is 0.139. The standard InChI is InChI=1S/C15H25N3/c1-12-5-6-13(10-16)14(9-12)18-8-7-17(4)15(2,3)11-18/h5-6,9H,7-8,10-11,16H2,1-4H3. The number of anilines is 1. The van der Waals surface area contributed by atoms with Gasteiger partial charge in [0.15, 0.2) is 0 Å². The summed E-state index contributed by atoms with van der Waals surface area (Å²) in [7, 11) is 2.21. The fourth-order valence-corrected chi connectivity index (χ4v) is 2.59. The second-order valence-electron chi connectivity index (χ2n) is 5.99. The number of nitrogens with two attached hydrogens (primary N) is 1. The van der Waals surface area contributed by atoms with E-state index in [4.69, 9.17) is 5.73 Å². The summed E-state index contributed by atoms with van der Waals surface area (Å²) in [4.78, 5) is 4.91. The number of nitrogens with zero attached hydrogens (tertiary/aromatic N) is 2. The Morgan fingerprint density at radius 3 is 2.61 bits per heavy atom. The molecule has 0 amide bonds. The van der Waals surface area contributed by atoms with Gasteiger partial charge in [-0.25, -0.2) is 0 Å². The Balaban J connectivity index is 2.29. The van der Waals surface area contributed by atoms with Gasteiger partial charge in [0.25, 0.3) is 0 Å². The van der Waals surface area contributed by atoms with Crippen LogP contribution in [0.15, 0.2) is 18.2 Å². The molecule has 1 fully saturated rings. The smallest absolute Gasteiger partial charge is 0.0415 e. The van der Waals surface area contributed by atoms with Crippen LogP contribution in [0, 0.1) is 6.92 Å². The SMILES string of the molecule is Cc1ccc(CN)c(N2CCN(C)C(C)(C)C2)c1. The largest absolute Gasteiger partial charge is 0.368 e. The van der Waals surface area contributed by atoms with E-state index in [1.165, 1.54) is 16.8 Å². The number of likely N-dealkylation sites (N-methyl/N-ethyl adjacent to an activating group) is 1. The fourth-order valence-electron chi connectivity index (χ4n) is 2.59. The first-order valence-corrected chi connectivity index (χ1v) is 6.70. The van der Waals surface area contributed by atoms with Crippen LogP contribution in [0.4, 0.5) is 5.69 Å². The molecule has 2 N–H and O–H groups in total. The Morgan fingerprint density at radius 1 is 1.28 bits per heavy atom. The van der Waals surface area contributed by atoms with E-state index in [2.05, 4.69) is 55.8 Å². The molecule has 0 radical (unpaired) electrons. The highest BCUT2D eigenvalue weighted by Gasteiger charge is 2.31. The third kappa shape index (κ3) is 2.52. The maximum Gasteiger partial charge on any atom is 0.0415 e. The molecule has 1 aliphatic rings. The lowest BCUT2D eigenvalue weighted by Crippen LogP contribution is -2.57. The molecule has 0 aliphatic carbocycles. The Kier molecular flexibility index (Phi) is 3.64. The molecule has 1 heterocycles. The predicted molar refractivity (Wildman–Crippen MR) is 78.0 cm³/mol. The summed E-state index contributed by atoms with van der Waals surface area (Å²) in [5.74, 6) is 0. The van der Waals surface area contributed by atoms with Crippen molar-refractivity contribution in [3.05, 3.63) is 29.3 Å². The van der Waals surface area contributed by atoms with Crippen molar-refractivity contribution < 1.29 is 0 Å². The van der Waals surface area contributed by atoms with Crippen LogP contribution in [0.1, 0.15) is 25.0 Å². The number of hydrogen-bond donors (Lipinski definition) is 1. The van der Waals surface area contributed by atoms with Gasteiger partial charge in [0.2, 0.25) is 0 Å². The number of piperazine rings is 1. The van der Waals surface area contributed by atoms with Gasteiger partial charge in [-0.15, -0.1) is 0 Å². The van der Waals surface area contributed by atoms with E-state index in [-0.39, 0.29) is 5.54 Å². The Bertz CT molecular complexity index is 426. The van der Waals surface area contributed by atoms with Crippen molar-refractivity contribution in [3.8, 4) is 0 Å². The maximum atomic E-state index is 5.87. The third-order valence-electron chi connectivity index (χ3n) is 4.12. The molecular weight excluding hydrogens is 222 g/mol. The van der Waals surface area contributed by atoms with Crippen LogP contribution in [-0.2, 0) is 6.54 Å². The summed E-state index contributed by atoms with van der Waals surface area (Å²) in [5.41, 5.74) is 9.96. The average molecular weight is 247 g/mol. The van der Waals surface area contributed by atoms with E-state index in [0.29, 0.717) is 6.54 Å². The summed E-state index contributed by atoms with van der Waals surface area (Å²) in [6, 6.07) is 6.58. The Hall–Kier alpha value is -1.06. The van der Waals surface area contributed by atoms with Gasteiger partial charge < -0.3 is 10.6 Å². The molecule has 2 rings (SSSR count). The molecular formula is C15H25N3. The van der Waals surface area contributed by atoms with E-state index < -0.39 is 0 Å². The lowest BCUT2D eigenvalue weighted by atomic mass is 9.98. The quantitative estimate of drug-likeness (QED) is 0.867. The highest BCUT2D eigenvalue weighted by Crippen LogP contribution is 2.28. The molecule has 18 heavy (non-hydrogen) atoms. The van der Waals surface area contributed by atoms with Gasteiger partial charge in [-0.3, -0.25) is 4.90 Å². The van der Waals surface area contributed by atoms with Crippen molar-refractivity contribution in [2.24, 2.45) is 5.73 Å². The summed E-state index contributed by atoms with van der Waals surface area (Å²) >= 11 is 0. The van der Waals surface area contributed by atoms with E-state index >= 15 is 0 Å². The molecule has 3 heteroatoms. The van der Waals surface area contributed by atoms with E-state index in [0.717, 1.165) is 19.6 Å². The van der Waals surface area contributed by atoms with Gasteiger partial charge in [0, 0.05) is 37.4 Å². The van der Waals surface area contributed by atoms with Gasteiger partial charge in [-0.05, 0) is 45.0 Å². The van der Waals surface area contributed by atoms with Crippen molar-refractivity contribution in [3.63, 3.8) is 0 Å². The van der Waals surface area contributed by atoms with Gasteiger partial charge in [-0.2, -0.15) is 0 Å². The van der Waals surface area contributed by atoms with Crippen LogP contribution in [0.5, 0.6) is 0 Å². The van der Waals surface area contributed by atoms with Crippen LogP contribution >= 0.6 is 0 Å². The molecule has 1 aromatic rings. The Morgan fingerprint density at radius 2 is 2.00 bits per heavy atom. The zero-order chi connectivity index (χ0) is 13.3. The lowest BCUT2D eigenvalue weighted by Gasteiger charge is -2.46. The first-order chi connectivity index (χ1) is 8.44. The molecule has 0 spiro atoms. The molecule has 100 valence electrons. The van der Waals surface area contributed by atoms with Crippen LogP contribution in [-0.4, -0.2) is 37.1 Å². The second kappa shape index (κ2) is 4.90. The minimum atomic E-state index is 0.216. The van der Waals surface area contributed by atoms with Crippen molar-refractivity contribution in [1.29, 1.82) is 0 Å². The minimum absolute atomic E-state index is 0.216. The van der Waals surface area contributed by atoms with E-state index in [9.17, 15) is 0 Å². The van der Waals surface area contributed by atoms with E-state index in [1.54, 1.807) is 0 Å². The van der Waals surface area contributed by atoms with Crippen molar-refractivity contribution in [1.82, 2.24) is 4.90 Å². The fraction of sp³-hybridized carbons (Fsp3) is 0.600. The van der Waals surface area contributed by atoms with Crippen LogP contribution in [0.3, 0.4) is 0 Å². The first-order valence-electron chi connectivity index (χ1n) is 6.70. The number of benzene rings is 1. The van der Waals surface area contributed by atoms with Crippen molar-refractivity contribution >= 4 is 5.69 Å². The summed E-state index contributed by atoms with van der Waals surface area (Å²) in [6.07, 6.45) is 0. The molecule has 1 aliphatic heterocycles. The molecule has 1 aromatic carbocycles. The van der Waals surface area contributed by atoms with Crippen molar-refractivity contribution in [2.75, 3.05) is 31.6 Å². The normalized spacial score (nSPS) is 20.2. The van der Waals surface area contributed by atoms with Crippen LogP contribution in [0.2, 0.25) is 0 Å². The molecule has 0 unspecified atom stereocenters. The highest BCUT2D eigenvalue weighted by atomic mass is 15.3. The number of hydrogen-bond acceptors (Lipinski definition) is 3.